The second-order valence-corrected chi connectivity index (χ2v) is 9.30. The number of Topliss-reactive ketones (excluding diaryl/α,β-unsaturated/α-hetero) is 1. The minimum atomic E-state index is -1.11. The smallest absolute Gasteiger partial charge is 0.343 e. The molecule has 0 radical (unpaired) electrons. The first kappa shape index (κ1) is 18.9. The summed E-state index contributed by atoms with van der Waals surface area (Å²) in [5.74, 6) is -3.05. The average Bonchev–Trinajstić information content (AvgIpc) is 3.18. The molecule has 2 aliphatic carbocycles. The first-order chi connectivity index (χ1) is 14.8. The van der Waals surface area contributed by atoms with Crippen molar-refractivity contribution >= 4 is 17.5 Å². The molecule has 6 rings (SSSR count). The van der Waals surface area contributed by atoms with Crippen molar-refractivity contribution in [1.82, 2.24) is 10.2 Å². The molecular weight excluding hydrogens is 406 g/mol. The summed E-state index contributed by atoms with van der Waals surface area (Å²) < 4.78 is 6.00. The van der Waals surface area contributed by atoms with E-state index in [1.165, 1.54) is 11.6 Å². The SMILES string of the molecule is O=C(O)C[C@@H]1OCC=C2CN3CC[C@]45C6=CC(=O)C(=O)C([N+](=O)[O-])=C6N[C@@H]4[C@@H]1[C@H]2C[C@@H]35. The molecule has 6 aliphatic rings. The molecule has 2 N–H and O–H groups in total. The van der Waals surface area contributed by atoms with Crippen molar-refractivity contribution in [3.63, 3.8) is 0 Å². The highest BCUT2D eigenvalue weighted by molar-refractivity contribution is 6.48. The molecule has 4 heterocycles. The summed E-state index contributed by atoms with van der Waals surface area (Å²) in [7, 11) is 0. The van der Waals surface area contributed by atoms with Crippen molar-refractivity contribution in [2.75, 3.05) is 19.7 Å². The third-order valence-corrected chi connectivity index (χ3v) is 8.26. The van der Waals surface area contributed by atoms with Gasteiger partial charge in [-0.15, -0.1) is 0 Å². The van der Waals surface area contributed by atoms with Crippen LogP contribution in [0.2, 0.25) is 0 Å². The van der Waals surface area contributed by atoms with E-state index in [4.69, 9.17) is 4.74 Å². The molecule has 31 heavy (non-hydrogen) atoms. The number of carboxylic acid groups (broad SMARTS) is 1. The van der Waals surface area contributed by atoms with Crippen LogP contribution in [-0.2, 0) is 19.1 Å². The first-order valence-electron chi connectivity index (χ1n) is 10.6. The van der Waals surface area contributed by atoms with Gasteiger partial charge in [0.2, 0.25) is 5.78 Å². The molecule has 3 saturated heterocycles. The fourth-order valence-corrected chi connectivity index (χ4v) is 7.23. The second-order valence-electron chi connectivity index (χ2n) is 9.30. The van der Waals surface area contributed by atoms with Gasteiger partial charge in [0.1, 0.15) is 5.70 Å². The number of ketones is 2. The lowest BCUT2D eigenvalue weighted by Gasteiger charge is -2.55. The largest absolute Gasteiger partial charge is 0.481 e. The minimum Gasteiger partial charge on any atom is -0.481 e. The van der Waals surface area contributed by atoms with Gasteiger partial charge in [0.05, 0.1) is 24.1 Å². The summed E-state index contributed by atoms with van der Waals surface area (Å²) in [6.45, 7) is 1.87. The molecule has 4 aliphatic heterocycles. The summed E-state index contributed by atoms with van der Waals surface area (Å²) in [6, 6.07) is -0.271. The van der Waals surface area contributed by atoms with Crippen LogP contribution in [0.25, 0.3) is 0 Å². The number of nitro groups is 1. The number of hydrogen-bond acceptors (Lipinski definition) is 8. The van der Waals surface area contributed by atoms with Crippen molar-refractivity contribution in [2.45, 2.75) is 37.5 Å². The molecular formula is C21H21N3O7. The molecule has 10 heteroatoms. The number of allylic oxidation sites excluding steroid dienone is 3. The van der Waals surface area contributed by atoms with Crippen molar-refractivity contribution in [3.05, 3.63) is 44.8 Å². The molecule has 0 amide bonds. The quantitative estimate of drug-likeness (QED) is 0.210. The van der Waals surface area contributed by atoms with E-state index >= 15 is 0 Å². The van der Waals surface area contributed by atoms with Crippen LogP contribution in [-0.4, -0.2) is 70.3 Å². The van der Waals surface area contributed by atoms with Gasteiger partial charge < -0.3 is 15.2 Å². The molecule has 6 atom stereocenters. The van der Waals surface area contributed by atoms with Crippen LogP contribution >= 0.6 is 0 Å². The lowest BCUT2D eigenvalue weighted by molar-refractivity contribution is -0.419. The molecule has 10 nitrogen and oxygen atoms in total. The lowest BCUT2D eigenvalue weighted by atomic mass is 9.54. The molecule has 0 unspecified atom stereocenters. The zero-order valence-corrected chi connectivity index (χ0v) is 16.6. The number of fused-ring (bicyclic) bond motifs is 2. The number of hydrogen-bond donors (Lipinski definition) is 2. The highest BCUT2D eigenvalue weighted by Gasteiger charge is 2.69. The number of piperidine rings is 1. The molecule has 4 fully saturated rings. The fraction of sp³-hybridized carbons (Fsp3) is 0.571. The van der Waals surface area contributed by atoms with E-state index in [-0.39, 0.29) is 36.0 Å². The van der Waals surface area contributed by atoms with Gasteiger partial charge in [-0.05, 0) is 37.0 Å². The number of rotatable bonds is 3. The summed E-state index contributed by atoms with van der Waals surface area (Å²) >= 11 is 0. The Bertz CT molecular complexity index is 1060. The van der Waals surface area contributed by atoms with Gasteiger partial charge in [0, 0.05) is 30.0 Å². The predicted octanol–water partition coefficient (Wildman–Crippen LogP) is 0.0350. The van der Waals surface area contributed by atoms with Gasteiger partial charge in [-0.25, -0.2) is 0 Å². The predicted molar refractivity (Wildman–Crippen MR) is 103 cm³/mol. The Balaban J connectivity index is 1.57. The summed E-state index contributed by atoms with van der Waals surface area (Å²) in [4.78, 5) is 49.8. The normalized spacial score (nSPS) is 40.5. The van der Waals surface area contributed by atoms with Gasteiger partial charge in [0.15, 0.2) is 0 Å². The molecule has 0 aromatic rings. The van der Waals surface area contributed by atoms with Crippen molar-refractivity contribution in [1.29, 1.82) is 0 Å². The third kappa shape index (κ3) is 2.26. The molecule has 1 spiro atoms. The Hall–Kier alpha value is -2.85. The number of carbonyl (C=O) groups excluding carboxylic acids is 2. The number of nitrogens with one attached hydrogen (secondary N) is 1. The maximum atomic E-state index is 12.4. The molecule has 0 aromatic carbocycles. The number of aliphatic carboxylic acids is 1. The van der Waals surface area contributed by atoms with Crippen LogP contribution in [0, 0.1) is 27.4 Å². The van der Waals surface area contributed by atoms with Crippen LogP contribution in [0.3, 0.4) is 0 Å². The Morgan fingerprint density at radius 3 is 2.97 bits per heavy atom. The zero-order chi connectivity index (χ0) is 21.7. The standard InChI is InChI=1S/C21H21N3O7/c25-12-6-11-17(18(19(12)28)24(29)30)22-20-16-10-5-14-21(11,20)2-3-23(14)8-9(10)1-4-31-13(16)7-15(26)27/h1,6,10,13-14,16,20,22H,2-5,7-8H2,(H,26,27)/t10-,13-,14+,16+,20+,21+/m0/s1. The van der Waals surface area contributed by atoms with E-state index < -0.39 is 39.7 Å². The Morgan fingerprint density at radius 1 is 1.42 bits per heavy atom. The average molecular weight is 427 g/mol. The topological polar surface area (TPSA) is 139 Å². The van der Waals surface area contributed by atoms with Crippen molar-refractivity contribution in [2.24, 2.45) is 17.3 Å². The molecule has 162 valence electrons. The second kappa shape index (κ2) is 6.10. The van der Waals surface area contributed by atoms with E-state index in [9.17, 15) is 29.6 Å². The van der Waals surface area contributed by atoms with Gasteiger partial charge in [0.25, 0.3) is 0 Å². The monoisotopic (exact) mass is 427 g/mol. The Morgan fingerprint density at radius 2 is 2.23 bits per heavy atom. The van der Waals surface area contributed by atoms with Crippen LogP contribution < -0.4 is 5.32 Å². The third-order valence-electron chi connectivity index (χ3n) is 8.26. The molecule has 0 aromatic heterocycles. The maximum absolute atomic E-state index is 12.4. The van der Waals surface area contributed by atoms with Gasteiger partial charge in [-0.2, -0.15) is 0 Å². The van der Waals surface area contributed by atoms with E-state index in [2.05, 4.69) is 16.3 Å². The van der Waals surface area contributed by atoms with Crippen molar-refractivity contribution in [3.8, 4) is 0 Å². The van der Waals surface area contributed by atoms with Crippen LogP contribution in [0.15, 0.2) is 34.7 Å². The van der Waals surface area contributed by atoms with Gasteiger partial charge in [-0.1, -0.05) is 11.6 Å². The van der Waals surface area contributed by atoms with E-state index in [0.29, 0.717) is 18.6 Å². The molecule has 1 saturated carbocycles. The highest BCUT2D eigenvalue weighted by atomic mass is 16.6. The molecule has 2 bridgehead atoms. The minimum absolute atomic E-state index is 0.0738. The summed E-state index contributed by atoms with van der Waals surface area (Å²) in [6.07, 6.45) is 4.09. The fourth-order valence-electron chi connectivity index (χ4n) is 7.23. The van der Waals surface area contributed by atoms with E-state index in [1.807, 2.05) is 0 Å². The lowest BCUT2D eigenvalue weighted by Crippen LogP contribution is -2.63. The highest BCUT2D eigenvalue weighted by Crippen LogP contribution is 2.64. The Labute approximate surface area is 176 Å². The van der Waals surface area contributed by atoms with E-state index in [1.54, 1.807) is 0 Å². The van der Waals surface area contributed by atoms with Gasteiger partial charge >= 0.3 is 17.4 Å². The first-order valence-corrected chi connectivity index (χ1v) is 10.6. The van der Waals surface area contributed by atoms with Crippen LogP contribution in [0.5, 0.6) is 0 Å². The summed E-state index contributed by atoms with van der Waals surface area (Å²) in [5, 5.41) is 24.6. The van der Waals surface area contributed by atoms with Crippen LogP contribution in [0.1, 0.15) is 19.3 Å². The van der Waals surface area contributed by atoms with Crippen molar-refractivity contribution < 1.29 is 29.2 Å². The van der Waals surface area contributed by atoms with Gasteiger partial charge in [-0.3, -0.25) is 29.4 Å². The number of carbonyl (C=O) groups is 3. The number of carboxylic acids is 1. The number of ether oxygens (including phenoxy) is 1. The van der Waals surface area contributed by atoms with E-state index in [0.717, 1.165) is 19.5 Å². The summed E-state index contributed by atoms with van der Waals surface area (Å²) in [5.41, 5.74) is 0.637. The maximum Gasteiger partial charge on any atom is 0.343 e. The van der Waals surface area contributed by atoms with Crippen LogP contribution in [0.4, 0.5) is 0 Å². The zero-order valence-electron chi connectivity index (χ0n) is 16.6. The Kier molecular flexibility index (Phi) is 3.72. The number of nitrogens with zero attached hydrogens (tertiary/aromatic N) is 2.